The summed E-state index contributed by atoms with van der Waals surface area (Å²) in [6.07, 6.45) is 0. The van der Waals surface area contributed by atoms with E-state index >= 15 is 0 Å². The maximum atomic E-state index is 6.04. The SMILES string of the molecule is COc1ccc(-c2nc3ccc(Cl)cc3s2)c(N)c1. The number of nitrogens with two attached hydrogens (primary N) is 1. The smallest absolute Gasteiger partial charge is 0.126 e. The van der Waals surface area contributed by atoms with Crippen LogP contribution in [0.1, 0.15) is 0 Å². The average Bonchev–Trinajstić information content (AvgIpc) is 2.81. The van der Waals surface area contributed by atoms with Gasteiger partial charge in [0, 0.05) is 22.3 Å². The largest absolute Gasteiger partial charge is 0.497 e. The standard InChI is InChI=1S/C14H11ClN2OS/c1-18-9-3-4-10(11(16)7-9)14-17-12-5-2-8(15)6-13(12)19-14/h2-7H,16H2,1H3. The third kappa shape index (κ3) is 2.25. The van der Waals surface area contributed by atoms with E-state index in [1.807, 2.05) is 30.3 Å². The zero-order valence-electron chi connectivity index (χ0n) is 10.2. The lowest BCUT2D eigenvalue weighted by atomic mass is 10.2. The first-order valence-corrected chi connectivity index (χ1v) is 6.87. The van der Waals surface area contributed by atoms with Crippen molar-refractivity contribution in [3.8, 4) is 16.3 Å². The van der Waals surface area contributed by atoms with Gasteiger partial charge in [0.15, 0.2) is 0 Å². The maximum absolute atomic E-state index is 6.04. The number of aromatic nitrogens is 1. The molecule has 0 saturated carbocycles. The zero-order valence-corrected chi connectivity index (χ0v) is 11.8. The maximum Gasteiger partial charge on any atom is 0.126 e. The van der Waals surface area contributed by atoms with Crippen LogP contribution in [0.15, 0.2) is 36.4 Å². The molecular formula is C14H11ClN2OS. The number of methoxy groups -OCH3 is 1. The van der Waals surface area contributed by atoms with Crippen molar-refractivity contribution in [3.05, 3.63) is 41.4 Å². The summed E-state index contributed by atoms with van der Waals surface area (Å²) in [5.41, 5.74) is 8.54. The monoisotopic (exact) mass is 290 g/mol. The molecule has 3 aromatic rings. The molecule has 19 heavy (non-hydrogen) atoms. The fourth-order valence-corrected chi connectivity index (χ4v) is 3.17. The van der Waals surface area contributed by atoms with E-state index in [0.717, 1.165) is 26.5 Å². The Morgan fingerprint density at radius 1 is 1.21 bits per heavy atom. The van der Waals surface area contributed by atoms with Gasteiger partial charge >= 0.3 is 0 Å². The van der Waals surface area contributed by atoms with E-state index in [-0.39, 0.29) is 0 Å². The van der Waals surface area contributed by atoms with Crippen molar-refractivity contribution in [2.45, 2.75) is 0 Å². The third-order valence-corrected chi connectivity index (χ3v) is 4.13. The van der Waals surface area contributed by atoms with Gasteiger partial charge in [0.1, 0.15) is 10.8 Å². The topological polar surface area (TPSA) is 48.1 Å². The average molecular weight is 291 g/mol. The highest BCUT2D eigenvalue weighted by Gasteiger charge is 2.10. The summed E-state index contributed by atoms with van der Waals surface area (Å²) >= 11 is 7.56. The van der Waals surface area contributed by atoms with E-state index in [0.29, 0.717) is 10.7 Å². The molecular weight excluding hydrogens is 280 g/mol. The minimum atomic E-state index is 0.657. The molecule has 3 rings (SSSR count). The van der Waals surface area contributed by atoms with Crippen molar-refractivity contribution in [2.24, 2.45) is 0 Å². The van der Waals surface area contributed by atoms with Crippen molar-refractivity contribution >= 4 is 38.8 Å². The Labute approximate surface area is 119 Å². The lowest BCUT2D eigenvalue weighted by Crippen LogP contribution is -1.91. The Hall–Kier alpha value is -1.78. The van der Waals surface area contributed by atoms with Crippen LogP contribution >= 0.6 is 22.9 Å². The molecule has 0 radical (unpaired) electrons. The van der Waals surface area contributed by atoms with Crippen molar-refractivity contribution in [1.29, 1.82) is 0 Å². The number of thiazole rings is 1. The normalized spacial score (nSPS) is 10.8. The molecule has 1 heterocycles. The van der Waals surface area contributed by atoms with Crippen LogP contribution in [0.3, 0.4) is 0 Å². The van der Waals surface area contributed by atoms with E-state index in [1.54, 1.807) is 24.5 Å². The van der Waals surface area contributed by atoms with Gasteiger partial charge in [-0.1, -0.05) is 11.6 Å². The Morgan fingerprint density at radius 2 is 2.05 bits per heavy atom. The fraction of sp³-hybridized carbons (Fsp3) is 0.0714. The quantitative estimate of drug-likeness (QED) is 0.719. The summed E-state index contributed by atoms with van der Waals surface area (Å²) in [4.78, 5) is 4.58. The number of anilines is 1. The molecule has 0 unspecified atom stereocenters. The lowest BCUT2D eigenvalue weighted by molar-refractivity contribution is 0.415. The van der Waals surface area contributed by atoms with Crippen LogP contribution in [0.2, 0.25) is 5.02 Å². The van der Waals surface area contributed by atoms with Gasteiger partial charge in [0.2, 0.25) is 0 Å². The number of hydrogen-bond acceptors (Lipinski definition) is 4. The highest BCUT2D eigenvalue weighted by atomic mass is 35.5. The minimum Gasteiger partial charge on any atom is -0.497 e. The number of nitrogen functional groups attached to an aromatic ring is 1. The van der Waals surface area contributed by atoms with Gasteiger partial charge < -0.3 is 10.5 Å². The van der Waals surface area contributed by atoms with Crippen molar-refractivity contribution in [3.63, 3.8) is 0 Å². The molecule has 0 atom stereocenters. The van der Waals surface area contributed by atoms with Crippen molar-refractivity contribution in [2.75, 3.05) is 12.8 Å². The van der Waals surface area contributed by atoms with Gasteiger partial charge in [-0.25, -0.2) is 4.98 Å². The first-order valence-electron chi connectivity index (χ1n) is 5.67. The molecule has 0 spiro atoms. The summed E-state index contributed by atoms with van der Waals surface area (Å²) in [6, 6.07) is 11.3. The second-order valence-corrected chi connectivity index (χ2v) is 5.55. The molecule has 0 fully saturated rings. The predicted molar refractivity (Wildman–Crippen MR) is 81.0 cm³/mol. The highest BCUT2D eigenvalue weighted by molar-refractivity contribution is 7.21. The van der Waals surface area contributed by atoms with Crippen LogP contribution < -0.4 is 10.5 Å². The summed E-state index contributed by atoms with van der Waals surface area (Å²) in [7, 11) is 1.62. The summed E-state index contributed by atoms with van der Waals surface area (Å²) < 4.78 is 6.20. The van der Waals surface area contributed by atoms with Crippen LogP contribution in [-0.4, -0.2) is 12.1 Å². The number of benzene rings is 2. The summed E-state index contributed by atoms with van der Waals surface area (Å²) in [5.74, 6) is 0.741. The molecule has 96 valence electrons. The molecule has 1 aromatic heterocycles. The number of ether oxygens (including phenoxy) is 1. The van der Waals surface area contributed by atoms with E-state index in [9.17, 15) is 0 Å². The van der Waals surface area contributed by atoms with Crippen LogP contribution in [0.4, 0.5) is 5.69 Å². The summed E-state index contributed by atoms with van der Waals surface area (Å²) in [6.45, 7) is 0. The summed E-state index contributed by atoms with van der Waals surface area (Å²) in [5, 5.41) is 1.60. The number of halogens is 1. The molecule has 0 amide bonds. The number of nitrogens with zero attached hydrogens (tertiary/aromatic N) is 1. The first-order chi connectivity index (χ1) is 9.17. The molecule has 2 aromatic carbocycles. The van der Waals surface area contributed by atoms with E-state index in [1.165, 1.54) is 0 Å². The Balaban J connectivity index is 2.13. The molecule has 2 N–H and O–H groups in total. The van der Waals surface area contributed by atoms with Crippen LogP contribution in [0, 0.1) is 0 Å². The lowest BCUT2D eigenvalue weighted by Gasteiger charge is -2.04. The van der Waals surface area contributed by atoms with Gasteiger partial charge in [0.25, 0.3) is 0 Å². The Morgan fingerprint density at radius 3 is 2.79 bits per heavy atom. The van der Waals surface area contributed by atoms with Gasteiger partial charge in [-0.3, -0.25) is 0 Å². The number of hydrogen-bond donors (Lipinski definition) is 1. The minimum absolute atomic E-state index is 0.657. The Kier molecular flexibility index (Phi) is 3.05. The zero-order chi connectivity index (χ0) is 13.4. The first kappa shape index (κ1) is 12.3. The third-order valence-electron chi connectivity index (χ3n) is 2.84. The number of rotatable bonds is 2. The van der Waals surface area contributed by atoms with Gasteiger partial charge in [-0.15, -0.1) is 11.3 Å². The molecule has 3 nitrogen and oxygen atoms in total. The molecule has 5 heteroatoms. The van der Waals surface area contributed by atoms with Gasteiger partial charge in [-0.05, 0) is 30.3 Å². The molecule has 0 aliphatic heterocycles. The molecule has 0 bridgehead atoms. The van der Waals surface area contributed by atoms with Crippen LogP contribution in [-0.2, 0) is 0 Å². The molecule has 0 aliphatic rings. The second-order valence-electron chi connectivity index (χ2n) is 4.08. The van der Waals surface area contributed by atoms with E-state index < -0.39 is 0 Å². The molecule has 0 aliphatic carbocycles. The predicted octanol–water partition coefficient (Wildman–Crippen LogP) is 4.21. The van der Waals surface area contributed by atoms with Gasteiger partial charge in [0.05, 0.1) is 17.3 Å². The second kappa shape index (κ2) is 4.72. The Bertz CT molecular complexity index is 754. The highest BCUT2D eigenvalue weighted by Crippen LogP contribution is 2.35. The van der Waals surface area contributed by atoms with Crippen LogP contribution in [0.5, 0.6) is 5.75 Å². The number of fused-ring (bicyclic) bond motifs is 1. The van der Waals surface area contributed by atoms with E-state index in [4.69, 9.17) is 22.1 Å². The van der Waals surface area contributed by atoms with E-state index in [2.05, 4.69) is 4.98 Å². The van der Waals surface area contributed by atoms with Crippen molar-refractivity contribution < 1.29 is 4.74 Å². The van der Waals surface area contributed by atoms with Crippen LogP contribution in [0.25, 0.3) is 20.8 Å². The van der Waals surface area contributed by atoms with Crippen molar-refractivity contribution in [1.82, 2.24) is 4.98 Å². The molecule has 0 saturated heterocycles. The van der Waals surface area contributed by atoms with Gasteiger partial charge in [-0.2, -0.15) is 0 Å². The fourth-order valence-electron chi connectivity index (χ4n) is 1.88.